The van der Waals surface area contributed by atoms with Crippen LogP contribution in [0.15, 0.2) is 0 Å². The lowest BCUT2D eigenvalue weighted by Crippen LogP contribution is -2.15. The van der Waals surface area contributed by atoms with Crippen LogP contribution in [0, 0.1) is 5.92 Å². The van der Waals surface area contributed by atoms with Gasteiger partial charge >= 0.3 is 11.4 Å². The average Bonchev–Trinajstić information content (AvgIpc) is 2.70. The summed E-state index contributed by atoms with van der Waals surface area (Å²) in [6.45, 7) is 3.45. The number of unbranched alkanes of at least 4 members (excludes halogenated alkanes) is 13. The van der Waals surface area contributed by atoms with Crippen molar-refractivity contribution in [1.82, 2.24) is 0 Å². The molecule has 0 aliphatic heterocycles. The zero-order valence-electron chi connectivity index (χ0n) is 18.1. The van der Waals surface area contributed by atoms with Gasteiger partial charge in [0.25, 0.3) is 0 Å². The molecule has 0 radical (unpaired) electrons. The van der Waals surface area contributed by atoms with Crippen LogP contribution in [0.3, 0.4) is 0 Å². The Hall–Kier alpha value is 0.0700. The van der Waals surface area contributed by atoms with Crippen molar-refractivity contribution in [1.29, 1.82) is 0 Å². The Morgan fingerprint density at radius 2 is 1.15 bits per heavy atom. The van der Waals surface area contributed by atoms with Crippen molar-refractivity contribution in [3.8, 4) is 0 Å². The van der Waals surface area contributed by atoms with E-state index in [0.717, 1.165) is 6.42 Å². The molecule has 0 aromatic carbocycles. The molecule has 1 rings (SSSR count). The third-order valence-corrected chi connectivity index (χ3v) is 6.49. The lowest BCUT2D eigenvalue weighted by Gasteiger charge is -2.20. The summed E-state index contributed by atoms with van der Waals surface area (Å²) in [4.78, 5) is 0. The smallest absolute Gasteiger partial charge is 0.268 e. The molecule has 0 N–H and O–H groups in total. The summed E-state index contributed by atoms with van der Waals surface area (Å²) in [6, 6.07) is 0. The van der Waals surface area contributed by atoms with Crippen LogP contribution in [0.1, 0.15) is 129 Å². The number of hydrogen-bond donors (Lipinski definition) is 0. The zero-order chi connectivity index (χ0) is 19.4. The molecule has 0 heterocycles. The van der Waals surface area contributed by atoms with Gasteiger partial charge in [0, 0.05) is 0 Å². The Morgan fingerprint density at radius 1 is 0.667 bits per heavy atom. The van der Waals surface area contributed by atoms with E-state index in [-0.39, 0.29) is 0 Å². The molecule has 1 saturated carbocycles. The summed E-state index contributed by atoms with van der Waals surface area (Å²) in [5, 5.41) is 0. The van der Waals surface area contributed by atoms with Crippen molar-refractivity contribution in [2.75, 3.05) is 13.2 Å². The van der Waals surface area contributed by atoms with E-state index in [2.05, 4.69) is 6.92 Å². The fourth-order valence-corrected chi connectivity index (χ4v) is 4.59. The summed E-state index contributed by atoms with van der Waals surface area (Å²) in [5.74, 6) is 0.590. The van der Waals surface area contributed by atoms with Crippen molar-refractivity contribution in [3.63, 3.8) is 0 Å². The molecule has 1 fully saturated rings. The van der Waals surface area contributed by atoms with E-state index < -0.39 is 11.4 Å². The predicted molar refractivity (Wildman–Crippen MR) is 117 cm³/mol. The van der Waals surface area contributed by atoms with Crippen molar-refractivity contribution in [3.05, 3.63) is 0 Å². The molecule has 1 atom stereocenters. The van der Waals surface area contributed by atoms with E-state index in [1.807, 2.05) is 0 Å². The third-order valence-electron chi connectivity index (χ3n) is 5.80. The van der Waals surface area contributed by atoms with Gasteiger partial charge in [0.2, 0.25) is 0 Å². The van der Waals surface area contributed by atoms with E-state index in [1.54, 1.807) is 0 Å². The molecule has 162 valence electrons. The highest BCUT2D eigenvalue weighted by molar-refractivity contribution is 7.75. The molecule has 0 saturated heterocycles. The molecule has 0 aromatic rings. The summed E-state index contributed by atoms with van der Waals surface area (Å²) >= 11 is -1.54. The fourth-order valence-electron chi connectivity index (χ4n) is 3.96. The Bertz CT molecular complexity index is 330. The highest BCUT2D eigenvalue weighted by Gasteiger charge is 2.15. The van der Waals surface area contributed by atoms with Gasteiger partial charge in [-0.25, -0.2) is 0 Å². The van der Waals surface area contributed by atoms with Crippen molar-refractivity contribution < 1.29 is 12.6 Å². The van der Waals surface area contributed by atoms with E-state index >= 15 is 0 Å². The van der Waals surface area contributed by atoms with E-state index in [1.165, 1.54) is 116 Å². The molecule has 1 aliphatic carbocycles. The van der Waals surface area contributed by atoms with Crippen molar-refractivity contribution >= 4 is 11.4 Å². The normalized spacial score (nSPS) is 16.6. The van der Waals surface area contributed by atoms with Crippen LogP contribution in [0.2, 0.25) is 0 Å². The van der Waals surface area contributed by atoms with Gasteiger partial charge < -0.3 is 0 Å². The predicted octanol–water partition coefficient (Wildman–Crippen LogP) is 7.66. The maximum Gasteiger partial charge on any atom is 0.304 e. The SMILES string of the molecule is CCCCCCCCCCCCCCCCOS(=O)OCC1CCCCC1. The molecule has 4 heteroatoms. The molecule has 1 aliphatic rings. The summed E-state index contributed by atoms with van der Waals surface area (Å²) in [7, 11) is 0. The second kappa shape index (κ2) is 19.4. The Morgan fingerprint density at radius 3 is 1.67 bits per heavy atom. The molecule has 3 nitrogen and oxygen atoms in total. The maximum absolute atomic E-state index is 11.7. The second-order valence-corrected chi connectivity index (χ2v) is 9.29. The molecule has 27 heavy (non-hydrogen) atoms. The van der Waals surface area contributed by atoms with Crippen LogP contribution in [-0.2, 0) is 19.7 Å². The Labute approximate surface area is 172 Å². The average molecular weight is 403 g/mol. The van der Waals surface area contributed by atoms with Crippen molar-refractivity contribution in [2.45, 2.75) is 129 Å². The minimum atomic E-state index is -1.54. The summed E-state index contributed by atoms with van der Waals surface area (Å²) < 4.78 is 22.3. The van der Waals surface area contributed by atoms with Gasteiger partial charge in [-0.15, -0.1) is 0 Å². The minimum Gasteiger partial charge on any atom is -0.268 e. The van der Waals surface area contributed by atoms with Gasteiger partial charge in [-0.05, 0) is 25.2 Å². The Balaban J connectivity index is 1.73. The highest BCUT2D eigenvalue weighted by Crippen LogP contribution is 2.24. The van der Waals surface area contributed by atoms with E-state index in [0.29, 0.717) is 19.1 Å². The Kier molecular flexibility index (Phi) is 18.0. The first-order valence-electron chi connectivity index (χ1n) is 12.0. The van der Waals surface area contributed by atoms with Crippen LogP contribution in [-0.4, -0.2) is 17.4 Å². The molecule has 0 aromatic heterocycles. The number of hydrogen-bond acceptors (Lipinski definition) is 3. The zero-order valence-corrected chi connectivity index (χ0v) is 18.9. The van der Waals surface area contributed by atoms with Crippen LogP contribution in [0.25, 0.3) is 0 Å². The monoisotopic (exact) mass is 402 g/mol. The van der Waals surface area contributed by atoms with Gasteiger partial charge in [-0.2, -0.15) is 4.21 Å². The molecule has 1 unspecified atom stereocenters. The molecular formula is C23H46O3S. The minimum absolute atomic E-state index is 0.565. The summed E-state index contributed by atoms with van der Waals surface area (Å²) in [6.07, 6.45) is 25.2. The molecule has 0 bridgehead atoms. The largest absolute Gasteiger partial charge is 0.304 e. The first-order valence-corrected chi connectivity index (χ1v) is 13.0. The van der Waals surface area contributed by atoms with Crippen LogP contribution < -0.4 is 0 Å². The number of rotatable bonds is 19. The first-order chi connectivity index (χ1) is 13.3. The maximum atomic E-state index is 11.7. The molecule has 0 spiro atoms. The topological polar surface area (TPSA) is 35.5 Å². The fraction of sp³-hybridized carbons (Fsp3) is 1.00. The summed E-state index contributed by atoms with van der Waals surface area (Å²) in [5.41, 5.74) is 0. The molecular weight excluding hydrogens is 356 g/mol. The quantitative estimate of drug-likeness (QED) is 0.208. The first kappa shape index (κ1) is 25.1. The van der Waals surface area contributed by atoms with Gasteiger partial charge in [0.15, 0.2) is 0 Å². The van der Waals surface area contributed by atoms with Crippen LogP contribution in [0.4, 0.5) is 0 Å². The van der Waals surface area contributed by atoms with Gasteiger partial charge in [-0.1, -0.05) is 110 Å². The second-order valence-electron chi connectivity index (χ2n) is 8.41. The highest BCUT2D eigenvalue weighted by atomic mass is 32.2. The van der Waals surface area contributed by atoms with E-state index in [9.17, 15) is 4.21 Å². The lowest BCUT2D eigenvalue weighted by atomic mass is 9.90. The van der Waals surface area contributed by atoms with Crippen molar-refractivity contribution in [2.24, 2.45) is 5.92 Å². The van der Waals surface area contributed by atoms with Crippen LogP contribution in [0.5, 0.6) is 0 Å². The third kappa shape index (κ3) is 16.7. The van der Waals surface area contributed by atoms with Crippen LogP contribution >= 0.6 is 0 Å². The van der Waals surface area contributed by atoms with Gasteiger partial charge in [0.1, 0.15) is 0 Å². The standard InChI is InChI=1S/C23H46O3S/c1-2-3-4-5-6-7-8-9-10-11-12-13-14-18-21-25-27(24)26-22-23-19-16-15-17-20-23/h23H,2-22H2,1H3. The molecule has 0 amide bonds. The lowest BCUT2D eigenvalue weighted by molar-refractivity contribution is 0.189. The van der Waals surface area contributed by atoms with Gasteiger partial charge in [0.05, 0.1) is 13.2 Å². The van der Waals surface area contributed by atoms with E-state index in [4.69, 9.17) is 8.37 Å². The van der Waals surface area contributed by atoms with Gasteiger partial charge in [-0.3, -0.25) is 8.37 Å².